The molecule has 0 aliphatic carbocycles. The second kappa shape index (κ2) is 7.30. The molecule has 0 bridgehead atoms. The first-order chi connectivity index (χ1) is 12.8. The quantitative estimate of drug-likeness (QED) is 0.282. The number of aromatic nitrogens is 1. The zero-order valence-electron chi connectivity index (χ0n) is 14.8. The monoisotopic (exact) mass is 359 g/mol. The second-order valence-electron chi connectivity index (χ2n) is 6.47. The zero-order valence-corrected chi connectivity index (χ0v) is 15.6. The number of allylic oxidation sites excluding steroid dienone is 1. The number of benzene rings is 2. The largest absolute Gasteiger partial charge is 0.340 e. The van der Waals surface area contributed by atoms with Crippen LogP contribution in [0.5, 0.6) is 0 Å². The van der Waals surface area contributed by atoms with Crippen LogP contribution in [0.4, 0.5) is 0 Å². The van der Waals surface area contributed by atoms with Crippen molar-refractivity contribution in [1.82, 2.24) is 4.57 Å². The van der Waals surface area contributed by atoms with Crippen LogP contribution < -0.4 is 0 Å². The van der Waals surface area contributed by atoms with E-state index >= 15 is 0 Å². The third-order valence-electron chi connectivity index (χ3n) is 4.73. The van der Waals surface area contributed by atoms with Crippen LogP contribution in [0.1, 0.15) is 35.0 Å². The van der Waals surface area contributed by atoms with Gasteiger partial charge in [0.05, 0.1) is 0 Å². The molecule has 0 aliphatic heterocycles. The van der Waals surface area contributed by atoms with Gasteiger partial charge in [0.25, 0.3) is 0 Å². The van der Waals surface area contributed by atoms with Crippen LogP contribution in [0, 0.1) is 0 Å². The molecule has 2 aromatic heterocycles. The molecule has 0 amide bonds. The maximum absolute atomic E-state index is 12.6. The number of carbonyl (C=O) groups excluding carboxylic acids is 1. The molecule has 2 heterocycles. The minimum Gasteiger partial charge on any atom is -0.340 e. The minimum atomic E-state index is 0.0469. The lowest BCUT2D eigenvalue weighted by molar-refractivity contribution is 0.104. The minimum absolute atomic E-state index is 0.0469. The lowest BCUT2D eigenvalue weighted by Gasteiger charge is -2.06. The molecule has 4 rings (SSSR count). The van der Waals surface area contributed by atoms with Crippen molar-refractivity contribution in [3.63, 3.8) is 0 Å². The first-order valence-corrected chi connectivity index (χ1v) is 9.93. The van der Waals surface area contributed by atoms with Crippen LogP contribution in [-0.4, -0.2) is 10.4 Å². The molecule has 0 N–H and O–H groups in total. The van der Waals surface area contributed by atoms with Gasteiger partial charge in [-0.2, -0.15) is 0 Å². The van der Waals surface area contributed by atoms with E-state index in [0.717, 1.165) is 35.2 Å². The number of hydrogen-bond acceptors (Lipinski definition) is 2. The number of rotatable bonds is 6. The van der Waals surface area contributed by atoms with Gasteiger partial charge in [-0.15, -0.1) is 11.3 Å². The lowest BCUT2D eigenvalue weighted by atomic mass is 10.1. The zero-order chi connectivity index (χ0) is 17.9. The Balaban J connectivity index is 1.77. The number of nitrogens with zero attached hydrogens (tertiary/aromatic N) is 1. The van der Waals surface area contributed by atoms with Gasteiger partial charge in [-0.1, -0.05) is 37.6 Å². The van der Waals surface area contributed by atoms with E-state index in [1.807, 2.05) is 35.7 Å². The summed E-state index contributed by atoms with van der Waals surface area (Å²) in [6, 6.07) is 18.6. The average molecular weight is 359 g/mol. The van der Waals surface area contributed by atoms with E-state index in [4.69, 9.17) is 0 Å². The number of unbranched alkanes of at least 4 members (excludes halogenated alkanes) is 1. The Morgan fingerprint density at radius 2 is 1.88 bits per heavy atom. The number of para-hydroxylation sites is 1. The number of carbonyl (C=O) groups is 1. The van der Waals surface area contributed by atoms with E-state index in [2.05, 4.69) is 41.8 Å². The van der Waals surface area contributed by atoms with E-state index < -0.39 is 0 Å². The highest BCUT2D eigenvalue weighted by Gasteiger charge is 2.12. The second-order valence-corrected chi connectivity index (χ2v) is 7.45. The number of ketones is 1. The lowest BCUT2D eigenvalue weighted by Crippen LogP contribution is -1.98. The molecule has 26 heavy (non-hydrogen) atoms. The summed E-state index contributed by atoms with van der Waals surface area (Å²) in [6.07, 6.45) is 5.88. The molecule has 0 atom stereocenters. The van der Waals surface area contributed by atoms with Gasteiger partial charge in [-0.25, -0.2) is 0 Å². The molecule has 3 heteroatoms. The standard InChI is InChI=1S/C23H21NOS/c1-2-3-14-24-21-9-5-4-8-19(21)20-16-17(10-12-22(20)24)23(25)13-11-18-7-6-15-26-18/h4-13,15-16H,2-3,14H2,1H3/b13-11+. The van der Waals surface area contributed by atoms with Crippen LogP contribution in [0.15, 0.2) is 66.1 Å². The van der Waals surface area contributed by atoms with Gasteiger partial charge in [-0.3, -0.25) is 4.79 Å². The number of aryl methyl sites for hydroxylation is 1. The van der Waals surface area contributed by atoms with Gasteiger partial charge in [0, 0.05) is 38.8 Å². The van der Waals surface area contributed by atoms with E-state index in [1.165, 1.54) is 16.4 Å². The number of hydrogen-bond donors (Lipinski definition) is 0. The van der Waals surface area contributed by atoms with Gasteiger partial charge in [0.2, 0.25) is 0 Å². The van der Waals surface area contributed by atoms with Gasteiger partial charge in [0.1, 0.15) is 0 Å². The van der Waals surface area contributed by atoms with Crippen molar-refractivity contribution in [2.75, 3.05) is 0 Å². The molecule has 0 aliphatic rings. The van der Waals surface area contributed by atoms with Crippen molar-refractivity contribution in [1.29, 1.82) is 0 Å². The highest BCUT2D eigenvalue weighted by Crippen LogP contribution is 2.30. The molecule has 4 aromatic rings. The summed E-state index contributed by atoms with van der Waals surface area (Å²) in [5.41, 5.74) is 3.19. The van der Waals surface area contributed by atoms with E-state index in [9.17, 15) is 4.79 Å². The summed E-state index contributed by atoms with van der Waals surface area (Å²) in [4.78, 5) is 13.7. The Hall–Kier alpha value is -2.65. The summed E-state index contributed by atoms with van der Waals surface area (Å²) in [6.45, 7) is 3.22. The first-order valence-electron chi connectivity index (χ1n) is 9.05. The summed E-state index contributed by atoms with van der Waals surface area (Å²) in [5.74, 6) is 0.0469. The molecule has 0 saturated heterocycles. The predicted octanol–water partition coefficient (Wildman–Crippen LogP) is 6.55. The molecular weight excluding hydrogens is 338 g/mol. The van der Waals surface area contributed by atoms with Crippen LogP contribution in [0.2, 0.25) is 0 Å². The molecule has 2 nitrogen and oxygen atoms in total. The summed E-state index contributed by atoms with van der Waals surface area (Å²) < 4.78 is 2.38. The van der Waals surface area contributed by atoms with Gasteiger partial charge in [-0.05, 0) is 54.3 Å². The van der Waals surface area contributed by atoms with Gasteiger partial charge >= 0.3 is 0 Å². The summed E-state index contributed by atoms with van der Waals surface area (Å²) in [5, 5.41) is 4.39. The molecule has 0 unspecified atom stereocenters. The fraction of sp³-hybridized carbons (Fsp3) is 0.174. The van der Waals surface area contributed by atoms with Crippen molar-refractivity contribution >= 4 is 45.0 Å². The van der Waals surface area contributed by atoms with Gasteiger partial charge < -0.3 is 4.57 Å². The SMILES string of the molecule is CCCCn1c2ccccc2c2cc(C(=O)/C=C/c3cccs3)ccc21. The Morgan fingerprint density at radius 3 is 2.69 bits per heavy atom. The maximum atomic E-state index is 12.6. The Kier molecular flexibility index (Phi) is 4.72. The fourth-order valence-electron chi connectivity index (χ4n) is 3.40. The maximum Gasteiger partial charge on any atom is 0.185 e. The third kappa shape index (κ3) is 3.11. The Bertz CT molecular complexity index is 1090. The highest BCUT2D eigenvalue weighted by atomic mass is 32.1. The molecular formula is C23H21NOS. The molecule has 0 saturated carbocycles. The van der Waals surface area contributed by atoms with Crippen LogP contribution in [0.3, 0.4) is 0 Å². The molecule has 0 fully saturated rings. The van der Waals surface area contributed by atoms with E-state index in [1.54, 1.807) is 17.4 Å². The summed E-state index contributed by atoms with van der Waals surface area (Å²) in [7, 11) is 0. The van der Waals surface area contributed by atoms with Crippen molar-refractivity contribution in [3.8, 4) is 0 Å². The normalized spacial score (nSPS) is 11.7. The molecule has 0 radical (unpaired) electrons. The number of fused-ring (bicyclic) bond motifs is 3. The van der Waals surface area contributed by atoms with Crippen LogP contribution >= 0.6 is 11.3 Å². The third-order valence-corrected chi connectivity index (χ3v) is 5.57. The van der Waals surface area contributed by atoms with Gasteiger partial charge in [0.15, 0.2) is 5.78 Å². The average Bonchev–Trinajstić information content (AvgIpc) is 3.30. The molecule has 2 aromatic carbocycles. The van der Waals surface area contributed by atoms with E-state index in [-0.39, 0.29) is 5.78 Å². The van der Waals surface area contributed by atoms with Crippen LogP contribution in [-0.2, 0) is 6.54 Å². The topological polar surface area (TPSA) is 22.0 Å². The van der Waals surface area contributed by atoms with E-state index in [0.29, 0.717) is 0 Å². The predicted molar refractivity (Wildman–Crippen MR) is 112 cm³/mol. The van der Waals surface area contributed by atoms with Crippen molar-refractivity contribution in [2.24, 2.45) is 0 Å². The fourth-order valence-corrected chi connectivity index (χ4v) is 4.02. The highest BCUT2D eigenvalue weighted by molar-refractivity contribution is 7.10. The Labute approximate surface area is 157 Å². The van der Waals surface area contributed by atoms with Crippen molar-refractivity contribution in [3.05, 3.63) is 76.5 Å². The Morgan fingerprint density at radius 1 is 1.04 bits per heavy atom. The molecule has 0 spiro atoms. The number of thiophene rings is 1. The first kappa shape index (κ1) is 16.8. The molecule has 130 valence electrons. The summed E-state index contributed by atoms with van der Waals surface area (Å²) >= 11 is 1.63. The smallest absolute Gasteiger partial charge is 0.185 e. The van der Waals surface area contributed by atoms with Crippen molar-refractivity contribution in [2.45, 2.75) is 26.3 Å². The van der Waals surface area contributed by atoms with Crippen LogP contribution in [0.25, 0.3) is 27.9 Å². The van der Waals surface area contributed by atoms with Crippen molar-refractivity contribution < 1.29 is 4.79 Å².